The van der Waals surface area contributed by atoms with Gasteiger partial charge in [-0.2, -0.15) is 0 Å². The van der Waals surface area contributed by atoms with Gasteiger partial charge in [0.1, 0.15) is 6.54 Å². The number of hydrogen-bond acceptors (Lipinski definition) is 3. The van der Waals surface area contributed by atoms with Crippen LogP contribution < -0.4 is 15.5 Å². The molecule has 3 N–H and O–H groups in total. The summed E-state index contributed by atoms with van der Waals surface area (Å²) in [5, 5.41) is 4.57. The summed E-state index contributed by atoms with van der Waals surface area (Å²) in [5.41, 5.74) is -0.300. The fraction of sp³-hybridized carbons (Fsp3) is 0.471. The number of carbonyl (C=O) groups is 3. The fourth-order valence-corrected chi connectivity index (χ4v) is 3.56. The lowest BCUT2D eigenvalue weighted by atomic mass is 9.77. The van der Waals surface area contributed by atoms with Crippen molar-refractivity contribution in [3.63, 3.8) is 0 Å². The lowest BCUT2D eigenvalue weighted by Crippen LogP contribution is -3.14. The molecule has 2 aliphatic heterocycles. The number of likely N-dealkylation sites (tertiary alicyclic amines) is 1. The molecule has 2 fully saturated rings. The van der Waals surface area contributed by atoms with Gasteiger partial charge in [0.25, 0.3) is 0 Å². The molecule has 0 unspecified atom stereocenters. The first-order valence-corrected chi connectivity index (χ1v) is 8.14. The molecule has 2 aliphatic rings. The number of piperidine rings is 1. The summed E-state index contributed by atoms with van der Waals surface area (Å²) in [5.74, 6) is -0.957. The van der Waals surface area contributed by atoms with Crippen LogP contribution in [-0.2, 0) is 16.0 Å². The number of barbiturate groups is 1. The molecule has 0 atom stereocenters. The molecule has 4 amide bonds. The van der Waals surface area contributed by atoms with Gasteiger partial charge in [-0.3, -0.25) is 20.2 Å². The summed E-state index contributed by atoms with van der Waals surface area (Å²) in [4.78, 5) is 37.9. The highest BCUT2D eigenvalue weighted by atomic mass is 16.2. The number of urea groups is 1. The number of nitrogens with one attached hydrogen (secondary N) is 3. The fourth-order valence-electron chi connectivity index (χ4n) is 3.56. The van der Waals surface area contributed by atoms with Crippen molar-refractivity contribution in [1.29, 1.82) is 0 Å². The highest BCUT2D eigenvalue weighted by molar-refractivity contribution is 6.19. The van der Waals surface area contributed by atoms with Crippen molar-refractivity contribution in [3.8, 4) is 0 Å². The van der Waals surface area contributed by atoms with Crippen LogP contribution in [0.5, 0.6) is 0 Å². The van der Waals surface area contributed by atoms with Crippen molar-refractivity contribution in [2.45, 2.75) is 25.7 Å². The van der Waals surface area contributed by atoms with E-state index in [1.54, 1.807) is 0 Å². The second kappa shape index (κ2) is 6.50. The SMILES string of the molecule is O=C1NC(=O)C(Cc2ccccc2)(C[NH+]2CCCCC2)C(=O)N1. The van der Waals surface area contributed by atoms with Crippen LogP contribution in [-0.4, -0.2) is 37.5 Å². The van der Waals surface area contributed by atoms with Gasteiger partial charge in [0.15, 0.2) is 5.41 Å². The predicted molar refractivity (Wildman–Crippen MR) is 83.7 cm³/mol. The normalized spacial score (nSPS) is 21.7. The Labute approximate surface area is 135 Å². The van der Waals surface area contributed by atoms with Crippen LogP contribution in [0.2, 0.25) is 0 Å². The van der Waals surface area contributed by atoms with Crippen molar-refractivity contribution in [3.05, 3.63) is 35.9 Å². The maximum absolute atomic E-state index is 12.6. The van der Waals surface area contributed by atoms with Crippen LogP contribution in [0.1, 0.15) is 24.8 Å². The molecule has 0 radical (unpaired) electrons. The molecule has 1 aromatic carbocycles. The Kier molecular flexibility index (Phi) is 4.43. The number of quaternary nitrogens is 1. The van der Waals surface area contributed by atoms with Gasteiger partial charge in [-0.25, -0.2) is 4.79 Å². The van der Waals surface area contributed by atoms with E-state index >= 15 is 0 Å². The van der Waals surface area contributed by atoms with Gasteiger partial charge in [0.2, 0.25) is 11.8 Å². The number of hydrogen-bond donors (Lipinski definition) is 3. The number of carbonyl (C=O) groups excluding carboxylic acids is 3. The molecule has 6 heteroatoms. The summed E-state index contributed by atoms with van der Waals surface area (Å²) in [6.07, 6.45) is 3.73. The second-order valence-corrected chi connectivity index (χ2v) is 6.47. The van der Waals surface area contributed by atoms with E-state index in [4.69, 9.17) is 0 Å². The van der Waals surface area contributed by atoms with E-state index in [0.717, 1.165) is 31.5 Å². The topological polar surface area (TPSA) is 79.7 Å². The van der Waals surface area contributed by atoms with Gasteiger partial charge in [-0.1, -0.05) is 30.3 Å². The highest BCUT2D eigenvalue weighted by Gasteiger charge is 2.53. The summed E-state index contributed by atoms with van der Waals surface area (Å²) in [7, 11) is 0. The maximum atomic E-state index is 12.6. The Bertz CT molecular complexity index is 589. The van der Waals surface area contributed by atoms with Crippen molar-refractivity contribution < 1.29 is 19.3 Å². The van der Waals surface area contributed by atoms with E-state index in [1.165, 1.54) is 11.3 Å². The molecule has 122 valence electrons. The molecule has 2 saturated heterocycles. The van der Waals surface area contributed by atoms with Crippen molar-refractivity contribution >= 4 is 17.8 Å². The largest absolute Gasteiger partial charge is 0.334 e. The maximum Gasteiger partial charge on any atom is 0.328 e. The number of rotatable bonds is 4. The summed E-state index contributed by atoms with van der Waals surface area (Å²) < 4.78 is 0. The average molecular weight is 316 g/mol. The van der Waals surface area contributed by atoms with E-state index in [2.05, 4.69) is 10.6 Å². The molecule has 23 heavy (non-hydrogen) atoms. The summed E-state index contributed by atoms with van der Waals surface area (Å²) in [6, 6.07) is 8.77. The van der Waals surface area contributed by atoms with Crippen LogP contribution in [0.3, 0.4) is 0 Å². The molecule has 0 bridgehead atoms. The average Bonchev–Trinajstić information content (AvgIpc) is 2.54. The van der Waals surface area contributed by atoms with Crippen LogP contribution in [0, 0.1) is 5.41 Å². The van der Waals surface area contributed by atoms with Crippen LogP contribution in [0.15, 0.2) is 30.3 Å². The molecular formula is C17H22N3O3+. The van der Waals surface area contributed by atoms with E-state index in [1.807, 2.05) is 30.3 Å². The quantitative estimate of drug-likeness (QED) is 0.664. The Morgan fingerprint density at radius 1 is 0.913 bits per heavy atom. The summed E-state index contributed by atoms with van der Waals surface area (Å²) in [6.45, 7) is 2.35. The molecule has 3 rings (SSSR count). The van der Waals surface area contributed by atoms with Gasteiger partial charge in [0, 0.05) is 6.42 Å². The Hall–Kier alpha value is -2.21. The molecule has 0 aromatic heterocycles. The minimum atomic E-state index is -1.22. The third-order valence-electron chi connectivity index (χ3n) is 4.78. The molecule has 0 aliphatic carbocycles. The molecule has 0 saturated carbocycles. The zero-order chi connectivity index (χ0) is 16.3. The monoisotopic (exact) mass is 316 g/mol. The minimum absolute atomic E-state index is 0.308. The van der Waals surface area contributed by atoms with Crippen molar-refractivity contribution in [1.82, 2.24) is 10.6 Å². The second-order valence-electron chi connectivity index (χ2n) is 6.47. The molecule has 2 heterocycles. The van der Waals surface area contributed by atoms with Crippen molar-refractivity contribution in [2.75, 3.05) is 19.6 Å². The Morgan fingerprint density at radius 3 is 2.13 bits per heavy atom. The lowest BCUT2D eigenvalue weighted by molar-refractivity contribution is -0.909. The van der Waals surface area contributed by atoms with Gasteiger partial charge >= 0.3 is 6.03 Å². The Morgan fingerprint density at radius 2 is 1.52 bits per heavy atom. The number of benzene rings is 1. The zero-order valence-electron chi connectivity index (χ0n) is 13.1. The van der Waals surface area contributed by atoms with Gasteiger partial charge in [-0.05, 0) is 24.8 Å². The first kappa shape index (κ1) is 15.7. The van der Waals surface area contributed by atoms with E-state index in [0.29, 0.717) is 13.0 Å². The third-order valence-corrected chi connectivity index (χ3v) is 4.78. The van der Waals surface area contributed by atoms with Crippen LogP contribution in [0.25, 0.3) is 0 Å². The number of imide groups is 2. The van der Waals surface area contributed by atoms with Gasteiger partial charge in [-0.15, -0.1) is 0 Å². The Balaban J connectivity index is 1.89. The molecule has 6 nitrogen and oxygen atoms in total. The summed E-state index contributed by atoms with van der Waals surface area (Å²) >= 11 is 0. The highest BCUT2D eigenvalue weighted by Crippen LogP contribution is 2.25. The standard InChI is InChI=1S/C17H21N3O3/c21-14-17(15(22)19-16(23)18-14,11-13-7-3-1-4-8-13)12-20-9-5-2-6-10-20/h1,3-4,7-8H,2,5-6,9-12H2,(H2,18,19,21,22,23)/p+1. The molecular weight excluding hydrogens is 294 g/mol. The predicted octanol–water partition coefficient (Wildman–Crippen LogP) is -0.350. The van der Waals surface area contributed by atoms with Gasteiger partial charge in [0.05, 0.1) is 13.1 Å². The van der Waals surface area contributed by atoms with E-state index in [9.17, 15) is 14.4 Å². The van der Waals surface area contributed by atoms with E-state index in [-0.39, 0.29) is 0 Å². The van der Waals surface area contributed by atoms with Crippen LogP contribution in [0.4, 0.5) is 4.79 Å². The van der Waals surface area contributed by atoms with Crippen LogP contribution >= 0.6 is 0 Å². The first-order valence-electron chi connectivity index (χ1n) is 8.14. The van der Waals surface area contributed by atoms with Gasteiger partial charge < -0.3 is 4.90 Å². The van der Waals surface area contributed by atoms with E-state index < -0.39 is 23.3 Å². The smallest absolute Gasteiger partial charge is 0.328 e. The third kappa shape index (κ3) is 3.27. The first-order chi connectivity index (χ1) is 11.1. The zero-order valence-corrected chi connectivity index (χ0v) is 13.1. The minimum Gasteiger partial charge on any atom is -0.334 e. The lowest BCUT2D eigenvalue weighted by Gasteiger charge is -2.37. The van der Waals surface area contributed by atoms with Crippen molar-refractivity contribution in [2.24, 2.45) is 5.41 Å². The molecule has 1 aromatic rings. The molecule has 0 spiro atoms. The number of amides is 4.